The summed E-state index contributed by atoms with van der Waals surface area (Å²) in [6.45, 7) is 0. The van der Waals surface area contributed by atoms with Gasteiger partial charge in [0.1, 0.15) is 6.07 Å². The van der Waals surface area contributed by atoms with Crippen LogP contribution >= 0.6 is 0 Å². The van der Waals surface area contributed by atoms with Crippen molar-refractivity contribution >= 4 is 45.1 Å². The molecule has 3 heterocycles. The van der Waals surface area contributed by atoms with E-state index < -0.39 is 48.2 Å². The number of fused-ring (bicyclic) bond motifs is 5. The molecule has 0 spiro atoms. The second-order valence-electron chi connectivity index (χ2n) is 5.31. The third-order valence-electron chi connectivity index (χ3n) is 3.77. The molecular formula is C11H3N9O8. The van der Waals surface area contributed by atoms with Gasteiger partial charge in [0.05, 0.1) is 26.4 Å². The minimum absolute atomic E-state index is 0.231. The lowest BCUT2D eigenvalue weighted by atomic mass is 10.2. The van der Waals surface area contributed by atoms with Gasteiger partial charge in [-0.15, -0.1) is 4.52 Å². The van der Waals surface area contributed by atoms with Crippen molar-refractivity contribution in [3.05, 3.63) is 58.7 Å². The van der Waals surface area contributed by atoms with E-state index in [-0.39, 0.29) is 16.6 Å². The summed E-state index contributed by atoms with van der Waals surface area (Å²) < 4.78 is 1.57. The molecule has 0 unspecified atom stereocenters. The molecule has 17 nitrogen and oxygen atoms in total. The fraction of sp³-hybridized carbons (Fsp3) is 0. The van der Waals surface area contributed by atoms with Gasteiger partial charge in [0.25, 0.3) is 22.7 Å². The van der Waals surface area contributed by atoms with Gasteiger partial charge in [-0.25, -0.2) is 0 Å². The van der Waals surface area contributed by atoms with Crippen LogP contribution in [0.4, 0.5) is 22.9 Å². The molecule has 0 radical (unpaired) electrons. The standard InChI is InChI=1S/C11H3N9O8/c21-16(22)4-1-5-9(6(2-4)17(23)24)13-20-14-10-7(18(25)26)3-8(19(27)28)12-11(10)15(5)20/h1-3H. The van der Waals surface area contributed by atoms with E-state index in [0.29, 0.717) is 16.9 Å². The maximum Gasteiger partial charge on any atom is 0.371 e. The summed E-state index contributed by atoms with van der Waals surface area (Å²) in [4.78, 5) is 44.6. The zero-order chi connectivity index (χ0) is 20.3. The van der Waals surface area contributed by atoms with Gasteiger partial charge in [-0.05, 0) is 14.7 Å². The Kier molecular flexibility index (Phi) is 3.17. The highest BCUT2D eigenvalue weighted by Crippen LogP contribution is 2.31. The number of nitro groups is 4. The zero-order valence-electron chi connectivity index (χ0n) is 13.0. The molecule has 0 atom stereocenters. The molecule has 4 aromatic rings. The molecule has 140 valence electrons. The molecule has 0 aliphatic heterocycles. The molecule has 3 aromatic heterocycles. The largest absolute Gasteiger partial charge is 0.371 e. The van der Waals surface area contributed by atoms with Crippen molar-refractivity contribution in [2.45, 2.75) is 0 Å². The van der Waals surface area contributed by atoms with Gasteiger partial charge in [0, 0.05) is 6.07 Å². The molecule has 4 rings (SSSR count). The van der Waals surface area contributed by atoms with Crippen molar-refractivity contribution in [3.8, 4) is 0 Å². The predicted molar refractivity (Wildman–Crippen MR) is 83.6 cm³/mol. The highest BCUT2D eigenvalue weighted by molar-refractivity contribution is 5.90. The van der Waals surface area contributed by atoms with Gasteiger partial charge in [0.2, 0.25) is 0 Å². The van der Waals surface area contributed by atoms with Crippen molar-refractivity contribution in [2.24, 2.45) is 0 Å². The van der Waals surface area contributed by atoms with Crippen LogP contribution in [0.1, 0.15) is 0 Å². The van der Waals surface area contributed by atoms with E-state index in [0.717, 1.165) is 10.6 Å². The van der Waals surface area contributed by atoms with E-state index in [9.17, 15) is 40.5 Å². The summed E-state index contributed by atoms with van der Waals surface area (Å²) in [6, 6.07) is 2.21. The highest BCUT2D eigenvalue weighted by atomic mass is 16.6. The van der Waals surface area contributed by atoms with Crippen LogP contribution < -0.4 is 9.84 Å². The molecule has 0 saturated carbocycles. The maximum absolute atomic E-state index is 11.2. The molecule has 0 fully saturated rings. The lowest BCUT2D eigenvalue weighted by Gasteiger charge is -1.96. The molecule has 0 amide bonds. The van der Waals surface area contributed by atoms with E-state index >= 15 is 0 Å². The van der Waals surface area contributed by atoms with Crippen LogP contribution in [-0.4, -0.2) is 34.3 Å². The molecule has 28 heavy (non-hydrogen) atoms. The minimum atomic E-state index is -0.972. The summed E-state index contributed by atoms with van der Waals surface area (Å²) in [5.74, 6) is -0.879. The van der Waals surface area contributed by atoms with Crippen LogP contribution in [-0.2, 0) is 0 Å². The van der Waals surface area contributed by atoms with Crippen molar-refractivity contribution in [3.63, 3.8) is 0 Å². The van der Waals surface area contributed by atoms with Crippen molar-refractivity contribution in [2.75, 3.05) is 0 Å². The van der Waals surface area contributed by atoms with E-state index in [1.165, 1.54) is 0 Å². The first-order chi connectivity index (χ1) is 13.2. The third-order valence-corrected chi connectivity index (χ3v) is 3.77. The minimum Gasteiger partial charge on any atom is -0.358 e. The van der Waals surface area contributed by atoms with Crippen LogP contribution in [0.15, 0.2) is 18.2 Å². The summed E-state index contributed by atoms with van der Waals surface area (Å²) >= 11 is 0. The Bertz CT molecular complexity index is 1280. The first-order valence-corrected chi connectivity index (χ1v) is 7.03. The fourth-order valence-electron chi connectivity index (χ4n) is 2.66. The van der Waals surface area contributed by atoms with Crippen LogP contribution in [0.5, 0.6) is 0 Å². The van der Waals surface area contributed by atoms with E-state index in [1.54, 1.807) is 0 Å². The molecule has 0 aliphatic rings. The maximum atomic E-state index is 11.2. The summed E-state index contributed by atoms with van der Waals surface area (Å²) in [7, 11) is 0. The second-order valence-corrected chi connectivity index (χ2v) is 5.31. The Morgan fingerprint density at radius 2 is 1.57 bits per heavy atom. The number of benzene rings is 1. The van der Waals surface area contributed by atoms with Gasteiger partial charge in [-0.3, -0.25) is 30.3 Å². The number of hydrogen-bond acceptors (Lipinski definition) is 10. The predicted octanol–water partition coefficient (Wildman–Crippen LogP) is 0.211. The van der Waals surface area contributed by atoms with Crippen LogP contribution in [0.25, 0.3) is 22.2 Å². The van der Waals surface area contributed by atoms with Gasteiger partial charge >= 0.3 is 5.82 Å². The molecule has 0 saturated heterocycles. The third kappa shape index (κ3) is 2.16. The molecule has 0 aliphatic carbocycles. The first kappa shape index (κ1) is 16.6. The smallest absolute Gasteiger partial charge is 0.358 e. The number of non-ortho nitro benzene ring substituents is 2. The Labute approximate surface area is 149 Å². The molecular weight excluding hydrogens is 386 g/mol. The zero-order valence-corrected chi connectivity index (χ0v) is 13.0. The summed E-state index contributed by atoms with van der Waals surface area (Å²) in [5, 5.41) is 52.3. The fourth-order valence-corrected chi connectivity index (χ4v) is 2.66. The Morgan fingerprint density at radius 1 is 0.893 bits per heavy atom. The van der Waals surface area contributed by atoms with Gasteiger partial charge < -0.3 is 10.1 Å². The number of hydrogen-bond donors (Lipinski definition) is 0. The molecule has 0 bridgehead atoms. The second kappa shape index (κ2) is 5.33. The van der Waals surface area contributed by atoms with Crippen molar-refractivity contribution in [1.29, 1.82) is 0 Å². The van der Waals surface area contributed by atoms with Crippen LogP contribution in [0.3, 0.4) is 0 Å². The van der Waals surface area contributed by atoms with Gasteiger partial charge in [-0.1, -0.05) is 10.2 Å². The van der Waals surface area contributed by atoms with Crippen molar-refractivity contribution in [1.82, 2.24) is 19.7 Å². The van der Waals surface area contributed by atoms with Gasteiger partial charge in [0.15, 0.2) is 11.0 Å². The monoisotopic (exact) mass is 389 g/mol. The van der Waals surface area contributed by atoms with Gasteiger partial charge in [-0.2, -0.15) is 0 Å². The van der Waals surface area contributed by atoms with E-state index in [1.807, 2.05) is 0 Å². The number of nitrogens with zero attached hydrogens (tertiary/aromatic N) is 9. The Morgan fingerprint density at radius 3 is 2.14 bits per heavy atom. The lowest BCUT2D eigenvalue weighted by Crippen LogP contribution is -2.33. The Hall–Kier alpha value is -4.83. The first-order valence-electron chi connectivity index (χ1n) is 7.03. The molecule has 0 N–H and O–H groups in total. The van der Waals surface area contributed by atoms with Crippen LogP contribution in [0, 0.1) is 40.5 Å². The summed E-state index contributed by atoms with van der Waals surface area (Å²) in [6.07, 6.45) is 0. The topological polar surface area (TPSA) is 221 Å². The van der Waals surface area contributed by atoms with E-state index in [4.69, 9.17) is 0 Å². The number of rotatable bonds is 4. The normalized spacial score (nSPS) is 11.3. The highest BCUT2D eigenvalue weighted by Gasteiger charge is 2.31. The SMILES string of the molecule is O=[N+]([O-])c1cc([N+](=O)[O-])c2[n-][n+]3nc4c([N+](=O)[O-])cc([N+](=O)[O-])nc4n3c2c1. The average molecular weight is 389 g/mol. The lowest BCUT2D eigenvalue weighted by molar-refractivity contribution is -0.727. The van der Waals surface area contributed by atoms with E-state index in [2.05, 4.69) is 15.2 Å². The number of pyridine rings is 1. The summed E-state index contributed by atoms with van der Waals surface area (Å²) in [5.41, 5.74) is -3.47. The number of aromatic nitrogens is 5. The molecule has 1 aromatic carbocycles. The Balaban J connectivity index is 2.24. The van der Waals surface area contributed by atoms with Crippen LogP contribution in [0.2, 0.25) is 0 Å². The van der Waals surface area contributed by atoms with Crippen molar-refractivity contribution < 1.29 is 24.4 Å². The average Bonchev–Trinajstić information content (AvgIpc) is 3.15. The number of nitro benzene ring substituents is 2. The molecule has 17 heteroatoms. The quantitative estimate of drug-likeness (QED) is 0.260.